The van der Waals surface area contributed by atoms with Gasteiger partial charge in [-0.3, -0.25) is 4.79 Å². The number of nitriles is 1. The van der Waals surface area contributed by atoms with E-state index in [2.05, 4.69) is 16.7 Å². The Morgan fingerprint density at radius 1 is 1.38 bits per heavy atom. The maximum Gasteiger partial charge on any atom is 0.340 e. The lowest BCUT2D eigenvalue weighted by molar-refractivity contribution is -0.125. The van der Waals surface area contributed by atoms with Crippen molar-refractivity contribution in [1.82, 2.24) is 5.32 Å². The SMILES string of the molecule is CC(C)[C@](C)(C#N)NC(=O)COC(=O)c1ccccc1NCCO. The number of amides is 1. The summed E-state index contributed by atoms with van der Waals surface area (Å²) in [6.45, 7) is 4.99. The first-order valence-electron chi connectivity index (χ1n) is 7.67. The fraction of sp³-hybridized carbons (Fsp3) is 0.471. The van der Waals surface area contributed by atoms with Gasteiger partial charge in [0.1, 0.15) is 5.54 Å². The van der Waals surface area contributed by atoms with Crippen molar-refractivity contribution < 1.29 is 19.4 Å². The predicted octanol–water partition coefficient (Wildman–Crippen LogP) is 1.30. The zero-order valence-electron chi connectivity index (χ0n) is 14.1. The number of nitrogens with one attached hydrogen (secondary N) is 2. The summed E-state index contributed by atoms with van der Waals surface area (Å²) in [5.74, 6) is -1.29. The normalized spacial score (nSPS) is 12.8. The van der Waals surface area contributed by atoms with Crippen molar-refractivity contribution in [3.05, 3.63) is 29.8 Å². The number of aliphatic hydroxyl groups excluding tert-OH is 1. The third-order valence-electron chi connectivity index (χ3n) is 3.69. The molecule has 1 amide bonds. The lowest BCUT2D eigenvalue weighted by Crippen LogP contribution is -2.50. The van der Waals surface area contributed by atoms with Crippen molar-refractivity contribution in [3.63, 3.8) is 0 Å². The van der Waals surface area contributed by atoms with E-state index in [4.69, 9.17) is 9.84 Å². The molecule has 0 unspecified atom stereocenters. The third-order valence-corrected chi connectivity index (χ3v) is 3.69. The second-order valence-electron chi connectivity index (χ2n) is 5.79. The monoisotopic (exact) mass is 333 g/mol. The number of esters is 1. The van der Waals surface area contributed by atoms with Crippen LogP contribution < -0.4 is 10.6 Å². The number of carbonyl (C=O) groups excluding carboxylic acids is 2. The molecule has 0 saturated carbocycles. The Hall–Kier alpha value is -2.59. The number of ether oxygens (including phenoxy) is 1. The molecule has 0 aliphatic heterocycles. The van der Waals surface area contributed by atoms with E-state index in [-0.39, 0.29) is 18.1 Å². The summed E-state index contributed by atoms with van der Waals surface area (Å²) < 4.78 is 5.02. The first kappa shape index (κ1) is 19.5. The lowest BCUT2D eigenvalue weighted by atomic mass is 9.90. The van der Waals surface area contributed by atoms with Gasteiger partial charge in [0, 0.05) is 12.2 Å². The Balaban J connectivity index is 2.67. The number of nitrogens with zero attached hydrogens (tertiary/aromatic N) is 1. The highest BCUT2D eigenvalue weighted by molar-refractivity contribution is 5.96. The van der Waals surface area contributed by atoms with Crippen LogP contribution in [0.1, 0.15) is 31.1 Å². The first-order valence-corrected chi connectivity index (χ1v) is 7.67. The molecule has 0 heterocycles. The highest BCUT2D eigenvalue weighted by Crippen LogP contribution is 2.17. The van der Waals surface area contributed by atoms with Crippen LogP contribution in [0.5, 0.6) is 0 Å². The molecule has 7 heteroatoms. The molecule has 0 bridgehead atoms. The molecule has 1 rings (SSSR count). The molecule has 0 saturated heterocycles. The standard InChI is InChI=1S/C17H23N3O4/c1-12(2)17(3,11-18)20-15(22)10-24-16(23)13-6-4-5-7-14(13)19-8-9-21/h4-7,12,19,21H,8-10H2,1-3H3,(H,20,22)/t17-/m0/s1. The van der Waals surface area contributed by atoms with E-state index in [1.54, 1.807) is 31.2 Å². The quantitative estimate of drug-likeness (QED) is 0.618. The number of hydrogen-bond acceptors (Lipinski definition) is 6. The van der Waals surface area contributed by atoms with Crippen LogP contribution in [0.15, 0.2) is 24.3 Å². The summed E-state index contributed by atoms with van der Waals surface area (Å²) in [5, 5.41) is 23.5. The number of hydrogen-bond donors (Lipinski definition) is 3. The van der Waals surface area contributed by atoms with Crippen molar-refractivity contribution in [2.75, 3.05) is 25.1 Å². The molecule has 24 heavy (non-hydrogen) atoms. The van der Waals surface area contributed by atoms with Gasteiger partial charge in [-0.25, -0.2) is 4.79 Å². The second kappa shape index (κ2) is 8.89. The minimum Gasteiger partial charge on any atom is -0.452 e. The van der Waals surface area contributed by atoms with Crippen molar-refractivity contribution in [1.29, 1.82) is 5.26 Å². The average Bonchev–Trinajstić information content (AvgIpc) is 2.57. The van der Waals surface area contributed by atoms with E-state index >= 15 is 0 Å². The van der Waals surface area contributed by atoms with Gasteiger partial charge in [-0.2, -0.15) is 5.26 Å². The van der Waals surface area contributed by atoms with Crippen LogP contribution in [0.2, 0.25) is 0 Å². The zero-order chi connectivity index (χ0) is 18.2. The molecule has 1 aromatic carbocycles. The van der Waals surface area contributed by atoms with Crippen LogP contribution >= 0.6 is 0 Å². The molecule has 0 aliphatic carbocycles. The molecule has 0 fully saturated rings. The van der Waals surface area contributed by atoms with Gasteiger partial charge in [0.2, 0.25) is 0 Å². The van der Waals surface area contributed by atoms with Gasteiger partial charge in [0.25, 0.3) is 5.91 Å². The van der Waals surface area contributed by atoms with Crippen molar-refractivity contribution in [3.8, 4) is 6.07 Å². The summed E-state index contributed by atoms with van der Waals surface area (Å²) >= 11 is 0. The molecule has 0 aromatic heterocycles. The van der Waals surface area contributed by atoms with E-state index in [0.29, 0.717) is 12.2 Å². The molecule has 1 aromatic rings. The van der Waals surface area contributed by atoms with Gasteiger partial charge in [-0.1, -0.05) is 26.0 Å². The minimum absolute atomic E-state index is 0.0757. The number of anilines is 1. The molecule has 7 nitrogen and oxygen atoms in total. The van der Waals surface area contributed by atoms with Crippen LogP contribution in [0.4, 0.5) is 5.69 Å². The fourth-order valence-electron chi connectivity index (χ4n) is 1.84. The number of carbonyl (C=O) groups is 2. The summed E-state index contributed by atoms with van der Waals surface area (Å²) in [4.78, 5) is 24.1. The molecule has 130 valence electrons. The van der Waals surface area contributed by atoms with Crippen LogP contribution in [0.3, 0.4) is 0 Å². The smallest absolute Gasteiger partial charge is 0.340 e. The van der Waals surface area contributed by atoms with Crippen molar-refractivity contribution in [2.45, 2.75) is 26.3 Å². The zero-order valence-corrected chi connectivity index (χ0v) is 14.1. The third kappa shape index (κ3) is 5.25. The molecular weight excluding hydrogens is 310 g/mol. The van der Waals surface area contributed by atoms with Gasteiger partial charge in [0.15, 0.2) is 6.61 Å². The van der Waals surface area contributed by atoms with Crippen LogP contribution in [0, 0.1) is 17.2 Å². The van der Waals surface area contributed by atoms with Gasteiger partial charge in [-0.15, -0.1) is 0 Å². The van der Waals surface area contributed by atoms with Gasteiger partial charge in [0.05, 0.1) is 18.2 Å². The van der Waals surface area contributed by atoms with E-state index in [1.165, 1.54) is 0 Å². The van der Waals surface area contributed by atoms with Gasteiger partial charge in [-0.05, 0) is 25.0 Å². The van der Waals surface area contributed by atoms with E-state index in [1.807, 2.05) is 13.8 Å². The Morgan fingerprint density at radius 3 is 2.62 bits per heavy atom. The first-order chi connectivity index (χ1) is 11.3. The predicted molar refractivity (Wildman–Crippen MR) is 89.3 cm³/mol. The Bertz CT molecular complexity index is 625. The van der Waals surface area contributed by atoms with Crippen LogP contribution in [-0.4, -0.2) is 42.3 Å². The molecule has 0 spiro atoms. The maximum atomic E-state index is 12.1. The largest absolute Gasteiger partial charge is 0.452 e. The van der Waals surface area contributed by atoms with Crippen molar-refractivity contribution >= 4 is 17.6 Å². The summed E-state index contributed by atoms with van der Waals surface area (Å²) in [5.41, 5.74) is -0.240. The molecule has 0 radical (unpaired) electrons. The minimum atomic E-state index is -1.02. The summed E-state index contributed by atoms with van der Waals surface area (Å²) in [6.07, 6.45) is 0. The van der Waals surface area contributed by atoms with Crippen LogP contribution in [-0.2, 0) is 9.53 Å². The number of rotatable bonds is 8. The molecule has 0 aliphatic rings. The number of benzene rings is 1. The van der Waals surface area contributed by atoms with Gasteiger partial charge >= 0.3 is 5.97 Å². The molecule has 3 N–H and O–H groups in total. The Labute approximate surface area is 141 Å². The molecular formula is C17H23N3O4. The summed E-state index contributed by atoms with van der Waals surface area (Å²) in [7, 11) is 0. The Kier molecular flexibility index (Phi) is 7.21. The van der Waals surface area contributed by atoms with E-state index < -0.39 is 24.0 Å². The fourth-order valence-corrected chi connectivity index (χ4v) is 1.84. The van der Waals surface area contributed by atoms with Gasteiger partial charge < -0.3 is 20.5 Å². The Morgan fingerprint density at radius 2 is 2.04 bits per heavy atom. The lowest BCUT2D eigenvalue weighted by Gasteiger charge is -2.27. The topological polar surface area (TPSA) is 111 Å². The molecule has 1 atom stereocenters. The van der Waals surface area contributed by atoms with Crippen LogP contribution in [0.25, 0.3) is 0 Å². The van der Waals surface area contributed by atoms with E-state index in [9.17, 15) is 14.9 Å². The number of para-hydroxylation sites is 1. The average molecular weight is 333 g/mol. The summed E-state index contributed by atoms with van der Waals surface area (Å²) in [6, 6.07) is 8.71. The highest BCUT2D eigenvalue weighted by Gasteiger charge is 2.30. The highest BCUT2D eigenvalue weighted by atomic mass is 16.5. The van der Waals surface area contributed by atoms with Crippen molar-refractivity contribution in [2.24, 2.45) is 5.92 Å². The second-order valence-corrected chi connectivity index (χ2v) is 5.79. The van der Waals surface area contributed by atoms with E-state index in [0.717, 1.165) is 0 Å². The number of aliphatic hydroxyl groups is 1. The maximum absolute atomic E-state index is 12.1.